The topological polar surface area (TPSA) is 84.1 Å². The van der Waals surface area contributed by atoms with Crippen LogP contribution < -0.4 is 16.0 Å². The number of nitrogen functional groups attached to an aromatic ring is 1. The van der Waals surface area contributed by atoms with E-state index in [2.05, 4.69) is 15.3 Å². The normalized spacial score (nSPS) is 14.4. The number of nitrogens with zero attached hydrogens (tertiary/aromatic N) is 3. The number of halogens is 1. The van der Waals surface area contributed by atoms with Gasteiger partial charge in [0.25, 0.3) is 0 Å². The molecule has 2 aromatic rings. The predicted molar refractivity (Wildman–Crippen MR) is 86.8 cm³/mol. The van der Waals surface area contributed by atoms with Crippen LogP contribution in [0.1, 0.15) is 18.4 Å². The number of carbonyl (C=O) groups is 1. The second kappa shape index (κ2) is 6.19. The molecule has 0 radical (unpaired) electrons. The van der Waals surface area contributed by atoms with E-state index >= 15 is 0 Å². The standard InChI is InChI=1S/C15H16ClN5O/c16-12-8-13(20-15(17)19-12)18-9-10-3-5-11(6-4-10)21-7-1-2-14(21)22/h3-6,8H,1-2,7,9H2,(H3,17,18,19,20). The lowest BCUT2D eigenvalue weighted by atomic mass is 10.2. The highest BCUT2D eigenvalue weighted by molar-refractivity contribution is 6.29. The van der Waals surface area contributed by atoms with Gasteiger partial charge in [-0.25, -0.2) is 4.98 Å². The maximum absolute atomic E-state index is 11.7. The highest BCUT2D eigenvalue weighted by atomic mass is 35.5. The molecule has 7 heteroatoms. The van der Waals surface area contributed by atoms with Gasteiger partial charge >= 0.3 is 0 Å². The van der Waals surface area contributed by atoms with Gasteiger partial charge in [-0.15, -0.1) is 0 Å². The molecule has 1 aromatic carbocycles. The van der Waals surface area contributed by atoms with Crippen molar-refractivity contribution in [1.82, 2.24) is 9.97 Å². The molecule has 1 amide bonds. The van der Waals surface area contributed by atoms with Crippen LogP contribution in [-0.2, 0) is 11.3 Å². The highest BCUT2D eigenvalue weighted by Gasteiger charge is 2.21. The van der Waals surface area contributed by atoms with Gasteiger partial charge in [0.15, 0.2) is 0 Å². The van der Waals surface area contributed by atoms with Crippen molar-refractivity contribution in [1.29, 1.82) is 0 Å². The monoisotopic (exact) mass is 317 g/mol. The maximum atomic E-state index is 11.7. The van der Waals surface area contributed by atoms with Gasteiger partial charge in [-0.05, 0) is 24.1 Å². The summed E-state index contributed by atoms with van der Waals surface area (Å²) in [6.45, 7) is 1.39. The number of anilines is 3. The summed E-state index contributed by atoms with van der Waals surface area (Å²) in [5.41, 5.74) is 7.56. The second-order valence-corrected chi connectivity index (χ2v) is 5.49. The van der Waals surface area contributed by atoms with E-state index in [0.717, 1.165) is 24.2 Å². The molecule has 3 N–H and O–H groups in total. The quantitative estimate of drug-likeness (QED) is 0.846. The predicted octanol–water partition coefficient (Wildman–Crippen LogP) is 2.45. The smallest absolute Gasteiger partial charge is 0.227 e. The minimum absolute atomic E-state index is 0.137. The van der Waals surface area contributed by atoms with Crippen LogP contribution in [0.4, 0.5) is 17.5 Å². The Labute approximate surface area is 133 Å². The summed E-state index contributed by atoms with van der Waals surface area (Å²) >= 11 is 5.83. The van der Waals surface area contributed by atoms with Crippen molar-refractivity contribution in [2.24, 2.45) is 0 Å². The molecule has 1 aliphatic rings. The molecule has 6 nitrogen and oxygen atoms in total. The summed E-state index contributed by atoms with van der Waals surface area (Å²) < 4.78 is 0. The first-order chi connectivity index (χ1) is 10.6. The van der Waals surface area contributed by atoms with Crippen LogP contribution in [0.15, 0.2) is 30.3 Å². The summed E-state index contributed by atoms with van der Waals surface area (Å²) in [5.74, 6) is 0.908. The molecule has 114 valence electrons. The number of aromatic nitrogens is 2. The van der Waals surface area contributed by atoms with E-state index in [0.29, 0.717) is 23.9 Å². The van der Waals surface area contributed by atoms with E-state index in [1.54, 1.807) is 6.07 Å². The van der Waals surface area contributed by atoms with Gasteiger partial charge in [-0.1, -0.05) is 23.7 Å². The molecule has 2 heterocycles. The lowest BCUT2D eigenvalue weighted by molar-refractivity contribution is -0.117. The van der Waals surface area contributed by atoms with Gasteiger partial charge in [0.2, 0.25) is 11.9 Å². The number of hydrogen-bond acceptors (Lipinski definition) is 5. The van der Waals surface area contributed by atoms with Gasteiger partial charge in [-0.3, -0.25) is 4.79 Å². The fourth-order valence-corrected chi connectivity index (χ4v) is 2.62. The number of benzene rings is 1. The van der Waals surface area contributed by atoms with Gasteiger partial charge in [0, 0.05) is 31.3 Å². The average molecular weight is 318 g/mol. The summed E-state index contributed by atoms with van der Waals surface area (Å²) in [4.78, 5) is 21.4. The van der Waals surface area contributed by atoms with Gasteiger partial charge in [0.1, 0.15) is 11.0 Å². The third kappa shape index (κ3) is 3.28. The van der Waals surface area contributed by atoms with Crippen molar-refractivity contribution < 1.29 is 4.79 Å². The van der Waals surface area contributed by atoms with Crippen molar-refractivity contribution >= 4 is 35.0 Å². The molecule has 1 saturated heterocycles. The first kappa shape index (κ1) is 14.6. The number of amides is 1. The van der Waals surface area contributed by atoms with Crippen molar-refractivity contribution in [2.75, 3.05) is 22.5 Å². The summed E-state index contributed by atoms with van der Waals surface area (Å²) in [6, 6.07) is 9.51. The van der Waals surface area contributed by atoms with Gasteiger partial charge < -0.3 is 16.0 Å². The largest absolute Gasteiger partial charge is 0.368 e. The number of carbonyl (C=O) groups excluding carboxylic acids is 1. The van der Waals surface area contributed by atoms with Gasteiger partial charge in [0.05, 0.1) is 0 Å². The zero-order valence-electron chi connectivity index (χ0n) is 11.9. The number of hydrogen-bond donors (Lipinski definition) is 2. The van der Waals surface area contributed by atoms with Crippen LogP contribution in [0.3, 0.4) is 0 Å². The molecule has 3 rings (SSSR count). The Kier molecular flexibility index (Phi) is 4.11. The van der Waals surface area contributed by atoms with Crippen LogP contribution in [-0.4, -0.2) is 22.4 Å². The third-order valence-corrected chi connectivity index (χ3v) is 3.70. The molecule has 1 fully saturated rings. The van der Waals surface area contributed by atoms with Crippen molar-refractivity contribution in [2.45, 2.75) is 19.4 Å². The lowest BCUT2D eigenvalue weighted by Gasteiger charge is -2.16. The fourth-order valence-electron chi connectivity index (χ4n) is 2.43. The molecular weight excluding hydrogens is 302 g/mol. The van der Waals surface area contributed by atoms with E-state index < -0.39 is 0 Å². The van der Waals surface area contributed by atoms with Crippen molar-refractivity contribution in [3.8, 4) is 0 Å². The molecule has 0 spiro atoms. The molecule has 1 aromatic heterocycles. The molecule has 0 saturated carbocycles. The first-order valence-electron chi connectivity index (χ1n) is 7.05. The zero-order chi connectivity index (χ0) is 15.5. The Morgan fingerprint density at radius 3 is 2.68 bits per heavy atom. The maximum Gasteiger partial charge on any atom is 0.227 e. The average Bonchev–Trinajstić information content (AvgIpc) is 2.91. The molecule has 1 aliphatic heterocycles. The Morgan fingerprint density at radius 1 is 1.27 bits per heavy atom. The third-order valence-electron chi connectivity index (χ3n) is 3.51. The van der Waals surface area contributed by atoms with Crippen LogP contribution in [0.2, 0.25) is 5.15 Å². The summed E-state index contributed by atoms with van der Waals surface area (Å²) in [7, 11) is 0. The van der Waals surface area contributed by atoms with E-state index in [-0.39, 0.29) is 11.9 Å². The second-order valence-electron chi connectivity index (χ2n) is 5.10. The van der Waals surface area contributed by atoms with Crippen molar-refractivity contribution in [3.63, 3.8) is 0 Å². The van der Waals surface area contributed by atoms with Crippen LogP contribution >= 0.6 is 11.6 Å². The fraction of sp³-hybridized carbons (Fsp3) is 0.267. The minimum Gasteiger partial charge on any atom is -0.368 e. The van der Waals surface area contributed by atoms with Crippen LogP contribution in [0.5, 0.6) is 0 Å². The van der Waals surface area contributed by atoms with E-state index in [9.17, 15) is 4.79 Å². The number of nitrogens with one attached hydrogen (secondary N) is 1. The SMILES string of the molecule is Nc1nc(Cl)cc(NCc2ccc(N3CCCC3=O)cc2)n1. The van der Waals surface area contributed by atoms with Crippen LogP contribution in [0, 0.1) is 0 Å². The zero-order valence-corrected chi connectivity index (χ0v) is 12.7. The summed E-state index contributed by atoms with van der Waals surface area (Å²) in [6.07, 6.45) is 1.57. The van der Waals surface area contributed by atoms with E-state index in [1.165, 1.54) is 0 Å². The minimum atomic E-state index is 0.137. The van der Waals surface area contributed by atoms with Crippen LogP contribution in [0.25, 0.3) is 0 Å². The number of nitrogens with two attached hydrogens (primary N) is 1. The molecular formula is C15H16ClN5O. The highest BCUT2D eigenvalue weighted by Crippen LogP contribution is 2.22. The Balaban J connectivity index is 1.65. The first-order valence-corrected chi connectivity index (χ1v) is 7.43. The Hall–Kier alpha value is -2.34. The van der Waals surface area contributed by atoms with Gasteiger partial charge in [-0.2, -0.15) is 4.98 Å². The summed E-state index contributed by atoms with van der Waals surface area (Å²) in [5, 5.41) is 3.45. The molecule has 0 bridgehead atoms. The lowest BCUT2D eigenvalue weighted by Crippen LogP contribution is -2.23. The molecule has 0 unspecified atom stereocenters. The van der Waals surface area contributed by atoms with E-state index in [1.807, 2.05) is 29.2 Å². The molecule has 22 heavy (non-hydrogen) atoms. The van der Waals surface area contributed by atoms with Crippen molar-refractivity contribution in [3.05, 3.63) is 41.0 Å². The molecule has 0 atom stereocenters. The van der Waals surface area contributed by atoms with E-state index in [4.69, 9.17) is 17.3 Å². The Morgan fingerprint density at radius 2 is 2.05 bits per heavy atom. The Bertz CT molecular complexity index is 669. The molecule has 0 aliphatic carbocycles. The number of rotatable bonds is 4.